The van der Waals surface area contributed by atoms with Crippen LogP contribution in [0.1, 0.15) is 29.9 Å². The highest BCUT2D eigenvalue weighted by molar-refractivity contribution is 6.37. The Morgan fingerprint density at radius 3 is 2.22 bits per heavy atom. The van der Waals surface area contributed by atoms with Crippen LogP contribution in [0.15, 0.2) is 72.3 Å². The minimum Gasteiger partial charge on any atom is -0.489 e. The van der Waals surface area contributed by atoms with Crippen LogP contribution in [-0.2, 0) is 4.79 Å². The molecule has 3 aromatic carbocycles. The van der Waals surface area contributed by atoms with Gasteiger partial charge < -0.3 is 20.6 Å². The number of aromatic nitrogens is 1. The summed E-state index contributed by atoms with van der Waals surface area (Å²) < 4.78 is 5.94. The van der Waals surface area contributed by atoms with Gasteiger partial charge in [-0.15, -0.1) is 0 Å². The third-order valence-corrected chi connectivity index (χ3v) is 6.43. The monoisotopic (exact) mass is 522 g/mol. The molecule has 0 radical (unpaired) electrons. The molecule has 184 valence electrons. The number of carboxylic acid groups (broad SMARTS) is 1. The predicted molar refractivity (Wildman–Crippen MR) is 144 cm³/mol. The summed E-state index contributed by atoms with van der Waals surface area (Å²) >= 11 is 12.6. The topological polar surface area (TPSA) is 105 Å². The predicted octanol–water partition coefficient (Wildman–Crippen LogP) is 6.81. The van der Waals surface area contributed by atoms with Gasteiger partial charge in [-0.1, -0.05) is 67.4 Å². The summed E-state index contributed by atoms with van der Waals surface area (Å²) in [5, 5.41) is 10.7. The second-order valence-electron chi connectivity index (χ2n) is 8.61. The van der Waals surface area contributed by atoms with Crippen molar-refractivity contribution in [3.8, 4) is 16.9 Å². The lowest BCUT2D eigenvalue weighted by Crippen LogP contribution is -2.21. The summed E-state index contributed by atoms with van der Waals surface area (Å²) in [6.07, 6.45) is 0. The summed E-state index contributed by atoms with van der Waals surface area (Å²) in [5.74, 6) is -0.897. The molecule has 0 aliphatic heterocycles. The average Bonchev–Trinajstić information content (AvgIpc) is 3.28. The SMILES string of the molecule is CC(C)C(=O)/C(COc1ccc(-c2ccc3cc(C(=O)O)[nH]c3c2)cc1)=C(\N)c1c(Cl)cccc1Cl. The fraction of sp³-hybridized carbons (Fsp3) is 0.143. The van der Waals surface area contributed by atoms with Gasteiger partial charge in [0.2, 0.25) is 0 Å². The molecule has 1 aromatic heterocycles. The maximum atomic E-state index is 12.9. The van der Waals surface area contributed by atoms with Gasteiger partial charge in [-0.25, -0.2) is 4.79 Å². The molecular formula is C28H24Cl2N2O4. The van der Waals surface area contributed by atoms with Crippen LogP contribution in [-0.4, -0.2) is 28.4 Å². The van der Waals surface area contributed by atoms with Gasteiger partial charge in [-0.05, 0) is 47.5 Å². The number of carbonyl (C=O) groups is 2. The van der Waals surface area contributed by atoms with Gasteiger partial charge in [0.05, 0.1) is 21.3 Å². The van der Waals surface area contributed by atoms with E-state index in [9.17, 15) is 14.7 Å². The van der Waals surface area contributed by atoms with Crippen LogP contribution >= 0.6 is 23.2 Å². The van der Waals surface area contributed by atoms with Gasteiger partial charge in [-0.2, -0.15) is 0 Å². The minimum absolute atomic E-state index is 0.0455. The molecule has 4 N–H and O–H groups in total. The number of ketones is 1. The van der Waals surface area contributed by atoms with E-state index in [1.807, 2.05) is 30.3 Å². The van der Waals surface area contributed by atoms with Crippen LogP contribution in [0, 0.1) is 5.92 Å². The largest absolute Gasteiger partial charge is 0.489 e. The van der Waals surface area contributed by atoms with Gasteiger partial charge in [0.1, 0.15) is 18.1 Å². The first-order chi connectivity index (χ1) is 17.2. The lowest BCUT2D eigenvalue weighted by atomic mass is 9.97. The average molecular weight is 523 g/mol. The number of carbonyl (C=O) groups excluding carboxylic acids is 1. The summed E-state index contributed by atoms with van der Waals surface area (Å²) in [5.41, 5.74) is 10.0. The number of hydrogen-bond acceptors (Lipinski definition) is 4. The Bertz CT molecular complexity index is 1470. The lowest BCUT2D eigenvalue weighted by Gasteiger charge is -2.16. The van der Waals surface area contributed by atoms with E-state index in [0.29, 0.717) is 26.9 Å². The molecule has 6 nitrogen and oxygen atoms in total. The summed E-state index contributed by atoms with van der Waals surface area (Å²) in [4.78, 5) is 27.1. The highest BCUT2D eigenvalue weighted by Crippen LogP contribution is 2.32. The molecule has 36 heavy (non-hydrogen) atoms. The molecule has 0 fully saturated rings. The zero-order chi connectivity index (χ0) is 26.0. The second-order valence-corrected chi connectivity index (χ2v) is 9.43. The first-order valence-corrected chi connectivity index (χ1v) is 12.0. The van der Waals surface area contributed by atoms with E-state index in [2.05, 4.69) is 4.98 Å². The number of rotatable bonds is 8. The quantitative estimate of drug-likeness (QED) is 0.220. The van der Waals surface area contributed by atoms with Crippen molar-refractivity contribution in [2.75, 3.05) is 6.61 Å². The van der Waals surface area contributed by atoms with Crippen molar-refractivity contribution >= 4 is 51.6 Å². The molecule has 0 unspecified atom stereocenters. The number of ether oxygens (including phenoxy) is 1. The van der Waals surface area contributed by atoms with Crippen molar-refractivity contribution < 1.29 is 19.4 Å². The number of hydrogen-bond donors (Lipinski definition) is 3. The van der Waals surface area contributed by atoms with E-state index >= 15 is 0 Å². The highest BCUT2D eigenvalue weighted by Gasteiger charge is 2.21. The second kappa shape index (κ2) is 10.5. The van der Waals surface area contributed by atoms with E-state index in [0.717, 1.165) is 22.0 Å². The number of fused-ring (bicyclic) bond motifs is 1. The fourth-order valence-electron chi connectivity index (χ4n) is 3.86. The van der Waals surface area contributed by atoms with Gasteiger partial charge in [0.25, 0.3) is 0 Å². The maximum absolute atomic E-state index is 12.9. The molecule has 0 spiro atoms. The van der Waals surface area contributed by atoms with Crippen molar-refractivity contribution in [2.45, 2.75) is 13.8 Å². The van der Waals surface area contributed by atoms with Crippen molar-refractivity contribution in [3.05, 3.63) is 93.6 Å². The number of aromatic carboxylic acids is 1. The van der Waals surface area contributed by atoms with Crippen molar-refractivity contribution in [2.24, 2.45) is 11.7 Å². The number of nitrogens with two attached hydrogens (primary N) is 1. The van der Waals surface area contributed by atoms with Crippen LogP contribution in [0.4, 0.5) is 0 Å². The Morgan fingerprint density at radius 1 is 0.972 bits per heavy atom. The molecule has 0 atom stereocenters. The maximum Gasteiger partial charge on any atom is 0.352 e. The van der Waals surface area contributed by atoms with E-state index in [4.69, 9.17) is 33.7 Å². The third-order valence-electron chi connectivity index (χ3n) is 5.80. The number of Topliss-reactive ketones (excluding diaryl/α,β-unsaturated/α-hetero) is 1. The van der Waals surface area contributed by atoms with Crippen LogP contribution < -0.4 is 10.5 Å². The fourth-order valence-corrected chi connectivity index (χ4v) is 4.46. The summed E-state index contributed by atoms with van der Waals surface area (Å²) in [6.45, 7) is 3.54. The van der Waals surface area contributed by atoms with Gasteiger partial charge in [0, 0.05) is 22.4 Å². The molecule has 4 rings (SSSR count). The molecule has 4 aromatic rings. The molecule has 0 saturated heterocycles. The van der Waals surface area contributed by atoms with Crippen LogP contribution in [0.2, 0.25) is 10.0 Å². The summed E-state index contributed by atoms with van der Waals surface area (Å²) in [6, 6.07) is 19.7. The summed E-state index contributed by atoms with van der Waals surface area (Å²) in [7, 11) is 0. The minimum atomic E-state index is -1.00. The number of carboxylic acids is 1. The number of benzene rings is 3. The smallest absolute Gasteiger partial charge is 0.352 e. The normalized spacial score (nSPS) is 12.0. The first kappa shape index (κ1) is 25.4. The van der Waals surface area contributed by atoms with Crippen LogP contribution in [0.5, 0.6) is 5.75 Å². The standard InChI is InChI=1S/C28H24Cl2N2O4/c1-15(2)27(33)20(26(31)25-21(29)4-3-5-22(25)30)14-36-19-10-8-16(9-11-19)17-6-7-18-13-24(28(34)35)32-23(18)12-17/h3-13,15,32H,14,31H2,1-2H3,(H,34,35)/b26-20-. The van der Waals surface area contributed by atoms with Crippen LogP contribution in [0.25, 0.3) is 27.7 Å². The Morgan fingerprint density at radius 2 is 1.61 bits per heavy atom. The van der Waals surface area contributed by atoms with Crippen molar-refractivity contribution in [3.63, 3.8) is 0 Å². The number of halogens is 2. The van der Waals surface area contributed by atoms with Crippen molar-refractivity contribution in [1.82, 2.24) is 4.98 Å². The van der Waals surface area contributed by atoms with E-state index in [1.165, 1.54) is 0 Å². The first-order valence-electron chi connectivity index (χ1n) is 11.2. The number of nitrogens with one attached hydrogen (secondary N) is 1. The molecular weight excluding hydrogens is 499 g/mol. The van der Waals surface area contributed by atoms with Gasteiger partial charge >= 0.3 is 5.97 Å². The van der Waals surface area contributed by atoms with Gasteiger partial charge in [0.15, 0.2) is 5.78 Å². The van der Waals surface area contributed by atoms with Crippen LogP contribution in [0.3, 0.4) is 0 Å². The Kier molecular flexibility index (Phi) is 7.38. The van der Waals surface area contributed by atoms with E-state index in [1.54, 1.807) is 50.2 Å². The molecule has 0 aliphatic rings. The van der Waals surface area contributed by atoms with Crippen molar-refractivity contribution in [1.29, 1.82) is 0 Å². The van der Waals surface area contributed by atoms with E-state index < -0.39 is 5.97 Å². The lowest BCUT2D eigenvalue weighted by molar-refractivity contribution is -0.118. The molecule has 0 aliphatic carbocycles. The Hall–Kier alpha value is -3.74. The zero-order valence-corrected chi connectivity index (χ0v) is 21.2. The van der Waals surface area contributed by atoms with E-state index in [-0.39, 0.29) is 29.7 Å². The van der Waals surface area contributed by atoms with Gasteiger partial charge in [-0.3, -0.25) is 4.79 Å². The molecule has 8 heteroatoms. The molecule has 1 heterocycles. The zero-order valence-electron chi connectivity index (χ0n) is 19.6. The molecule has 0 amide bonds. The number of aromatic amines is 1. The number of H-pyrrole nitrogens is 1. The molecule has 0 saturated carbocycles. The third kappa shape index (κ3) is 5.25. The highest BCUT2D eigenvalue weighted by atomic mass is 35.5. The molecule has 0 bridgehead atoms. The Balaban J connectivity index is 1.58. The Labute approximate surface area is 218 Å².